The van der Waals surface area contributed by atoms with Crippen molar-refractivity contribution in [3.63, 3.8) is 0 Å². The molecule has 3 nitrogen and oxygen atoms in total. The zero-order valence-corrected chi connectivity index (χ0v) is 13.6. The van der Waals surface area contributed by atoms with Gasteiger partial charge in [0.25, 0.3) is 0 Å². The molecule has 1 aromatic heterocycles. The van der Waals surface area contributed by atoms with Crippen LogP contribution >= 0.6 is 12.2 Å². The fourth-order valence-corrected chi connectivity index (χ4v) is 2.73. The average Bonchev–Trinajstić information content (AvgIpc) is 2.37. The van der Waals surface area contributed by atoms with Gasteiger partial charge in [-0.2, -0.15) is 0 Å². The summed E-state index contributed by atoms with van der Waals surface area (Å²) in [5.74, 6) is 0.785. The number of nitrogens with one attached hydrogen (secondary N) is 1. The second-order valence-corrected chi connectivity index (χ2v) is 5.77. The number of nitrogens with two attached hydrogens (primary N) is 1. The van der Waals surface area contributed by atoms with E-state index in [0.29, 0.717) is 4.99 Å². The van der Waals surface area contributed by atoms with E-state index in [9.17, 15) is 0 Å². The summed E-state index contributed by atoms with van der Waals surface area (Å²) in [5.41, 5.74) is 11.3. The van der Waals surface area contributed by atoms with E-state index in [-0.39, 0.29) is 0 Å². The van der Waals surface area contributed by atoms with E-state index >= 15 is 0 Å². The van der Waals surface area contributed by atoms with E-state index in [1.165, 1.54) is 11.1 Å². The van der Waals surface area contributed by atoms with Gasteiger partial charge < -0.3 is 11.1 Å². The third kappa shape index (κ3) is 4.02. The van der Waals surface area contributed by atoms with Gasteiger partial charge in [-0.3, -0.25) is 0 Å². The third-order valence-electron chi connectivity index (χ3n) is 3.38. The number of aryl methyl sites for hydroxylation is 3. The van der Waals surface area contributed by atoms with Crippen LogP contribution in [0.3, 0.4) is 0 Å². The van der Waals surface area contributed by atoms with Crippen molar-refractivity contribution in [1.82, 2.24) is 4.98 Å². The molecule has 1 heterocycles. The molecule has 0 bridgehead atoms. The maximum atomic E-state index is 5.82. The van der Waals surface area contributed by atoms with Crippen molar-refractivity contribution >= 4 is 23.0 Å². The van der Waals surface area contributed by atoms with Crippen molar-refractivity contribution in [2.24, 2.45) is 5.73 Å². The van der Waals surface area contributed by atoms with Crippen LogP contribution in [0, 0.1) is 20.8 Å². The van der Waals surface area contributed by atoms with Crippen LogP contribution in [0.25, 0.3) is 0 Å². The largest absolute Gasteiger partial charge is 0.389 e. The Balaban J connectivity index is 2.11. The minimum Gasteiger partial charge on any atom is -0.389 e. The number of thiocarbonyl (C=S) groups is 1. The number of aromatic nitrogens is 1. The number of hydrogen-bond acceptors (Lipinski definition) is 3. The van der Waals surface area contributed by atoms with Gasteiger partial charge >= 0.3 is 0 Å². The lowest BCUT2D eigenvalue weighted by atomic mass is 10.1. The quantitative estimate of drug-likeness (QED) is 0.832. The van der Waals surface area contributed by atoms with Gasteiger partial charge in [0.15, 0.2) is 0 Å². The molecule has 0 atom stereocenters. The zero-order valence-electron chi connectivity index (χ0n) is 12.7. The summed E-state index contributed by atoms with van der Waals surface area (Å²) in [6.07, 6.45) is 0.938. The Morgan fingerprint density at radius 2 is 2.00 bits per heavy atom. The molecule has 0 saturated heterocycles. The van der Waals surface area contributed by atoms with Crippen LogP contribution in [0.5, 0.6) is 0 Å². The molecule has 0 amide bonds. The first-order valence-corrected chi connectivity index (χ1v) is 7.45. The summed E-state index contributed by atoms with van der Waals surface area (Å²) in [5, 5.41) is 3.37. The number of hydrogen-bond donors (Lipinski definition) is 2. The second kappa shape index (κ2) is 6.68. The van der Waals surface area contributed by atoms with E-state index in [4.69, 9.17) is 18.0 Å². The van der Waals surface area contributed by atoms with E-state index < -0.39 is 0 Å². The summed E-state index contributed by atoms with van der Waals surface area (Å²) < 4.78 is 0. The average molecular weight is 299 g/mol. The number of anilines is 1. The Bertz CT molecular complexity index is 665. The van der Waals surface area contributed by atoms with Gasteiger partial charge in [-0.25, -0.2) is 4.98 Å². The number of pyridine rings is 1. The molecule has 2 aromatic rings. The molecule has 2 rings (SSSR count). The van der Waals surface area contributed by atoms with Crippen molar-refractivity contribution in [2.45, 2.75) is 27.2 Å². The van der Waals surface area contributed by atoms with Crippen molar-refractivity contribution in [2.75, 3.05) is 11.9 Å². The lowest BCUT2D eigenvalue weighted by Gasteiger charge is -2.14. The molecule has 0 aliphatic heterocycles. The standard InChI is InChI=1S/C17H21N3S/c1-11-5-4-6-14(9-11)7-8-19-17-15(16(18)21)12(2)10-13(3)20-17/h4-6,9-10H,7-8H2,1-3H3,(H2,18,21)(H,19,20). The van der Waals surface area contributed by atoms with Gasteiger partial charge in [0.1, 0.15) is 10.8 Å². The van der Waals surface area contributed by atoms with E-state index in [0.717, 1.165) is 35.6 Å². The second-order valence-electron chi connectivity index (χ2n) is 5.33. The minimum absolute atomic E-state index is 0.387. The molecular weight excluding hydrogens is 278 g/mol. The first-order chi connectivity index (χ1) is 9.97. The fourth-order valence-electron chi connectivity index (χ4n) is 2.47. The van der Waals surface area contributed by atoms with Crippen LogP contribution in [0.15, 0.2) is 30.3 Å². The van der Waals surface area contributed by atoms with Gasteiger partial charge in [-0.1, -0.05) is 42.0 Å². The number of benzene rings is 1. The molecule has 110 valence electrons. The molecular formula is C17H21N3S. The highest BCUT2D eigenvalue weighted by molar-refractivity contribution is 7.80. The zero-order chi connectivity index (χ0) is 15.4. The smallest absolute Gasteiger partial charge is 0.136 e. The van der Waals surface area contributed by atoms with Crippen LogP contribution in [-0.4, -0.2) is 16.5 Å². The van der Waals surface area contributed by atoms with Crippen LogP contribution < -0.4 is 11.1 Å². The molecule has 0 fully saturated rings. The molecule has 0 aliphatic rings. The highest BCUT2D eigenvalue weighted by atomic mass is 32.1. The Kier molecular flexibility index (Phi) is 4.91. The summed E-state index contributed by atoms with van der Waals surface area (Å²) in [6, 6.07) is 10.5. The molecule has 0 aliphatic carbocycles. The van der Waals surface area contributed by atoms with Crippen molar-refractivity contribution in [3.05, 3.63) is 58.3 Å². The van der Waals surface area contributed by atoms with Crippen molar-refractivity contribution < 1.29 is 0 Å². The molecule has 0 spiro atoms. The minimum atomic E-state index is 0.387. The van der Waals surface area contributed by atoms with Crippen LogP contribution in [0.4, 0.5) is 5.82 Å². The topological polar surface area (TPSA) is 50.9 Å². The van der Waals surface area contributed by atoms with Crippen LogP contribution in [0.2, 0.25) is 0 Å². The maximum Gasteiger partial charge on any atom is 0.136 e. The van der Waals surface area contributed by atoms with Crippen molar-refractivity contribution in [3.8, 4) is 0 Å². The Labute approximate surface area is 131 Å². The van der Waals surface area contributed by atoms with Gasteiger partial charge in [0.05, 0.1) is 5.56 Å². The van der Waals surface area contributed by atoms with Crippen LogP contribution in [0.1, 0.15) is 27.9 Å². The fraction of sp³-hybridized carbons (Fsp3) is 0.294. The molecule has 21 heavy (non-hydrogen) atoms. The number of nitrogens with zero attached hydrogens (tertiary/aromatic N) is 1. The SMILES string of the molecule is Cc1cccc(CCNc2nc(C)cc(C)c2C(N)=S)c1. The molecule has 0 radical (unpaired) electrons. The Morgan fingerprint density at radius 1 is 1.24 bits per heavy atom. The molecule has 4 heteroatoms. The third-order valence-corrected chi connectivity index (χ3v) is 3.58. The van der Waals surface area contributed by atoms with Crippen LogP contribution in [-0.2, 0) is 6.42 Å². The first-order valence-electron chi connectivity index (χ1n) is 7.05. The predicted molar refractivity (Wildman–Crippen MR) is 93.0 cm³/mol. The van der Waals surface area contributed by atoms with E-state index in [1.807, 2.05) is 19.9 Å². The highest BCUT2D eigenvalue weighted by Crippen LogP contribution is 2.18. The van der Waals surface area contributed by atoms with Gasteiger partial charge in [0.2, 0.25) is 0 Å². The molecule has 1 aromatic carbocycles. The summed E-state index contributed by atoms with van der Waals surface area (Å²) in [6.45, 7) is 6.89. The van der Waals surface area contributed by atoms with Crippen molar-refractivity contribution in [1.29, 1.82) is 0 Å². The van der Waals surface area contributed by atoms with E-state index in [2.05, 4.69) is 41.5 Å². The van der Waals surface area contributed by atoms with Gasteiger partial charge in [-0.15, -0.1) is 0 Å². The monoisotopic (exact) mass is 299 g/mol. The Hall–Kier alpha value is -1.94. The van der Waals surface area contributed by atoms with Gasteiger partial charge in [-0.05, 0) is 44.4 Å². The molecule has 0 unspecified atom stereocenters. The van der Waals surface area contributed by atoms with Gasteiger partial charge in [0, 0.05) is 12.2 Å². The normalized spacial score (nSPS) is 10.4. The lowest BCUT2D eigenvalue weighted by molar-refractivity contribution is 0.995. The lowest BCUT2D eigenvalue weighted by Crippen LogP contribution is -2.18. The summed E-state index contributed by atoms with van der Waals surface area (Å²) in [4.78, 5) is 4.91. The summed E-state index contributed by atoms with van der Waals surface area (Å²) >= 11 is 5.14. The Morgan fingerprint density at radius 3 is 2.67 bits per heavy atom. The maximum absolute atomic E-state index is 5.82. The predicted octanol–water partition coefficient (Wildman–Crippen LogP) is 3.30. The summed E-state index contributed by atoms with van der Waals surface area (Å²) in [7, 11) is 0. The number of rotatable bonds is 5. The molecule has 3 N–H and O–H groups in total. The molecule has 0 saturated carbocycles. The first kappa shape index (κ1) is 15.4. The van der Waals surface area contributed by atoms with E-state index in [1.54, 1.807) is 0 Å². The highest BCUT2D eigenvalue weighted by Gasteiger charge is 2.11.